The zero-order valence-corrected chi connectivity index (χ0v) is 11.9. The zero-order chi connectivity index (χ0) is 13.4. The highest BCUT2D eigenvalue weighted by Crippen LogP contribution is 2.22. The molecule has 0 amide bonds. The molecule has 0 saturated heterocycles. The lowest BCUT2D eigenvalue weighted by Crippen LogP contribution is -2.05. The number of aromatic nitrogens is 2. The molecule has 0 aliphatic carbocycles. The summed E-state index contributed by atoms with van der Waals surface area (Å²) >= 11 is 11.6. The van der Waals surface area contributed by atoms with Crippen LogP contribution in [0.1, 0.15) is 5.82 Å². The van der Waals surface area contributed by atoms with E-state index in [0.29, 0.717) is 5.02 Å². The van der Waals surface area contributed by atoms with Gasteiger partial charge in [-0.1, -0.05) is 42.0 Å². The first kappa shape index (κ1) is 12.3. The number of halogens is 1. The van der Waals surface area contributed by atoms with Crippen LogP contribution in [0.25, 0.3) is 16.6 Å². The Balaban J connectivity index is 2.41. The summed E-state index contributed by atoms with van der Waals surface area (Å²) in [7, 11) is 0. The Labute approximate surface area is 121 Å². The Morgan fingerprint density at radius 1 is 1.11 bits per heavy atom. The van der Waals surface area contributed by atoms with Crippen LogP contribution in [0.5, 0.6) is 0 Å². The summed E-state index contributed by atoms with van der Waals surface area (Å²) in [5.41, 5.74) is 1.89. The van der Waals surface area contributed by atoms with Crippen LogP contribution in [0, 0.1) is 11.6 Å². The molecule has 0 aliphatic rings. The van der Waals surface area contributed by atoms with Crippen LogP contribution < -0.4 is 0 Å². The number of hydrogen-bond donors (Lipinski definition) is 0. The lowest BCUT2D eigenvalue weighted by atomic mass is 10.2. The van der Waals surface area contributed by atoms with E-state index in [2.05, 4.69) is 4.98 Å². The fraction of sp³-hybridized carbons (Fsp3) is 0.0667. The smallest absolute Gasteiger partial charge is 0.121 e. The van der Waals surface area contributed by atoms with Gasteiger partial charge in [-0.15, -0.1) is 0 Å². The second-order valence-corrected chi connectivity index (χ2v) is 5.12. The van der Waals surface area contributed by atoms with E-state index in [1.807, 2.05) is 60.0 Å². The lowest BCUT2D eigenvalue weighted by Gasteiger charge is -2.12. The van der Waals surface area contributed by atoms with Crippen molar-refractivity contribution in [2.45, 2.75) is 6.92 Å². The average Bonchev–Trinajstić information content (AvgIpc) is 2.41. The SMILES string of the molecule is Cc1nc2ccc(Cl)cc2c(=S)n1-c1ccccc1. The summed E-state index contributed by atoms with van der Waals surface area (Å²) in [4.78, 5) is 4.59. The van der Waals surface area contributed by atoms with Gasteiger partial charge in [-0.05, 0) is 37.3 Å². The largest absolute Gasteiger partial charge is 0.289 e. The summed E-state index contributed by atoms with van der Waals surface area (Å²) in [6, 6.07) is 15.6. The Morgan fingerprint density at radius 2 is 1.84 bits per heavy atom. The topological polar surface area (TPSA) is 17.8 Å². The first-order valence-electron chi connectivity index (χ1n) is 5.91. The molecule has 4 heteroatoms. The van der Waals surface area contributed by atoms with Crippen molar-refractivity contribution < 1.29 is 0 Å². The number of aryl methyl sites for hydroxylation is 1. The fourth-order valence-electron chi connectivity index (χ4n) is 2.15. The van der Waals surface area contributed by atoms with Gasteiger partial charge in [-0.3, -0.25) is 4.57 Å². The first-order chi connectivity index (χ1) is 9.16. The third-order valence-corrected chi connectivity index (χ3v) is 3.65. The van der Waals surface area contributed by atoms with Crippen molar-refractivity contribution >= 4 is 34.7 Å². The second-order valence-electron chi connectivity index (χ2n) is 4.30. The number of nitrogens with zero attached hydrogens (tertiary/aromatic N) is 2. The highest BCUT2D eigenvalue weighted by molar-refractivity contribution is 7.71. The molecule has 0 atom stereocenters. The minimum Gasteiger partial charge on any atom is -0.289 e. The van der Waals surface area contributed by atoms with E-state index in [0.717, 1.165) is 27.1 Å². The Kier molecular flexibility index (Phi) is 3.09. The number of para-hydroxylation sites is 1. The normalized spacial score (nSPS) is 10.8. The van der Waals surface area contributed by atoms with Gasteiger partial charge in [0.2, 0.25) is 0 Å². The summed E-state index contributed by atoms with van der Waals surface area (Å²) in [6.07, 6.45) is 0. The molecular weight excluding hydrogens is 276 g/mol. The van der Waals surface area contributed by atoms with Crippen molar-refractivity contribution in [3.05, 3.63) is 64.0 Å². The van der Waals surface area contributed by atoms with Gasteiger partial charge in [-0.2, -0.15) is 0 Å². The van der Waals surface area contributed by atoms with Crippen LogP contribution in [0.4, 0.5) is 0 Å². The molecule has 0 unspecified atom stereocenters. The molecule has 19 heavy (non-hydrogen) atoms. The van der Waals surface area contributed by atoms with E-state index in [1.54, 1.807) is 0 Å². The number of rotatable bonds is 1. The highest BCUT2D eigenvalue weighted by atomic mass is 35.5. The summed E-state index contributed by atoms with van der Waals surface area (Å²) in [5, 5.41) is 1.57. The molecule has 3 rings (SSSR count). The number of fused-ring (bicyclic) bond motifs is 1. The molecule has 94 valence electrons. The maximum atomic E-state index is 6.05. The van der Waals surface area contributed by atoms with Gasteiger partial charge in [0.1, 0.15) is 10.5 Å². The van der Waals surface area contributed by atoms with Gasteiger partial charge >= 0.3 is 0 Å². The number of benzene rings is 2. The Morgan fingerprint density at radius 3 is 2.58 bits per heavy atom. The molecule has 0 bridgehead atoms. The van der Waals surface area contributed by atoms with Crippen LogP contribution >= 0.6 is 23.8 Å². The molecule has 0 aliphatic heterocycles. The standard InChI is InChI=1S/C15H11ClN2S/c1-10-17-14-8-7-11(16)9-13(14)15(19)18(10)12-5-3-2-4-6-12/h2-9H,1H3. The monoisotopic (exact) mass is 286 g/mol. The quantitative estimate of drug-likeness (QED) is 0.603. The third-order valence-electron chi connectivity index (χ3n) is 3.01. The highest BCUT2D eigenvalue weighted by Gasteiger charge is 2.07. The summed E-state index contributed by atoms with van der Waals surface area (Å²) in [6.45, 7) is 1.96. The molecule has 0 N–H and O–H groups in total. The lowest BCUT2D eigenvalue weighted by molar-refractivity contribution is 0.917. The Bertz CT molecular complexity index is 809. The predicted octanol–water partition coefficient (Wildman–Crippen LogP) is 4.72. The predicted molar refractivity (Wildman–Crippen MR) is 81.7 cm³/mol. The van der Waals surface area contributed by atoms with E-state index >= 15 is 0 Å². The van der Waals surface area contributed by atoms with Crippen LogP contribution in [0.2, 0.25) is 5.02 Å². The van der Waals surface area contributed by atoms with Crippen molar-refractivity contribution in [2.24, 2.45) is 0 Å². The Hall–Kier alpha value is -1.71. The van der Waals surface area contributed by atoms with E-state index < -0.39 is 0 Å². The minimum absolute atomic E-state index is 0.670. The van der Waals surface area contributed by atoms with Gasteiger partial charge in [0.05, 0.1) is 5.52 Å². The summed E-state index contributed by atoms with van der Waals surface area (Å²) in [5.74, 6) is 0.867. The van der Waals surface area contributed by atoms with Gasteiger partial charge in [-0.25, -0.2) is 4.98 Å². The van der Waals surface area contributed by atoms with E-state index in [-0.39, 0.29) is 0 Å². The van der Waals surface area contributed by atoms with Gasteiger partial charge < -0.3 is 0 Å². The maximum absolute atomic E-state index is 6.05. The van der Waals surface area contributed by atoms with Gasteiger partial charge in [0, 0.05) is 16.1 Å². The average molecular weight is 287 g/mol. The van der Waals surface area contributed by atoms with Crippen molar-refractivity contribution in [3.63, 3.8) is 0 Å². The molecule has 3 aromatic rings. The van der Waals surface area contributed by atoms with Gasteiger partial charge in [0.15, 0.2) is 0 Å². The summed E-state index contributed by atoms with van der Waals surface area (Å²) < 4.78 is 2.70. The van der Waals surface area contributed by atoms with Crippen LogP contribution in [-0.2, 0) is 0 Å². The maximum Gasteiger partial charge on any atom is 0.121 e. The van der Waals surface area contributed by atoms with Gasteiger partial charge in [0.25, 0.3) is 0 Å². The molecule has 0 fully saturated rings. The zero-order valence-electron chi connectivity index (χ0n) is 10.3. The first-order valence-corrected chi connectivity index (χ1v) is 6.70. The number of hydrogen-bond acceptors (Lipinski definition) is 2. The molecule has 1 aromatic heterocycles. The second kappa shape index (κ2) is 4.76. The van der Waals surface area contributed by atoms with Crippen LogP contribution in [0.15, 0.2) is 48.5 Å². The molecule has 0 radical (unpaired) electrons. The molecule has 2 aromatic carbocycles. The van der Waals surface area contributed by atoms with Crippen LogP contribution in [0.3, 0.4) is 0 Å². The van der Waals surface area contributed by atoms with Crippen molar-refractivity contribution in [1.82, 2.24) is 9.55 Å². The van der Waals surface area contributed by atoms with E-state index in [9.17, 15) is 0 Å². The van der Waals surface area contributed by atoms with Crippen LogP contribution in [-0.4, -0.2) is 9.55 Å². The van der Waals surface area contributed by atoms with Crippen molar-refractivity contribution in [1.29, 1.82) is 0 Å². The molecule has 0 saturated carbocycles. The third kappa shape index (κ3) is 2.15. The van der Waals surface area contributed by atoms with E-state index in [1.165, 1.54) is 0 Å². The molecule has 0 spiro atoms. The molecular formula is C15H11ClN2S. The van der Waals surface area contributed by atoms with Crippen molar-refractivity contribution in [2.75, 3.05) is 0 Å². The minimum atomic E-state index is 0.670. The molecule has 1 heterocycles. The molecule has 2 nitrogen and oxygen atoms in total. The van der Waals surface area contributed by atoms with E-state index in [4.69, 9.17) is 23.8 Å². The van der Waals surface area contributed by atoms with Crippen molar-refractivity contribution in [3.8, 4) is 5.69 Å². The fourth-order valence-corrected chi connectivity index (χ4v) is 2.72.